The molecule has 1 N–H and O–H groups in total. The molecule has 1 amide bonds. The molecule has 8 heteroatoms. The average molecular weight is 424 g/mol. The predicted octanol–water partition coefficient (Wildman–Crippen LogP) is 1.75. The van der Waals surface area contributed by atoms with Gasteiger partial charge in [0.25, 0.3) is 0 Å². The monoisotopic (exact) mass is 423 g/mol. The van der Waals surface area contributed by atoms with Gasteiger partial charge in [-0.1, -0.05) is 18.2 Å². The zero-order valence-corrected chi connectivity index (χ0v) is 18.1. The second-order valence-electron chi connectivity index (χ2n) is 7.45. The lowest BCUT2D eigenvalue weighted by Crippen LogP contribution is -2.48. The van der Waals surface area contributed by atoms with Crippen LogP contribution in [0.4, 0.5) is 4.79 Å². The van der Waals surface area contributed by atoms with E-state index < -0.39 is 6.10 Å². The maximum Gasteiger partial charge on any atom is 0.409 e. The SMILES string of the molecule is CCOC(=O)N1CCN(Cc2ccccc2OC[C@H](O)CN2CCSCC2)CC1. The van der Waals surface area contributed by atoms with E-state index in [1.165, 1.54) is 0 Å². The number of aliphatic hydroxyl groups excluding tert-OH is 1. The second kappa shape index (κ2) is 11.6. The molecule has 1 aromatic carbocycles. The minimum atomic E-state index is -0.487. The van der Waals surface area contributed by atoms with Crippen LogP contribution in [0.25, 0.3) is 0 Å². The zero-order chi connectivity index (χ0) is 20.5. The molecule has 0 saturated carbocycles. The molecule has 0 aromatic heterocycles. The van der Waals surface area contributed by atoms with E-state index in [0.29, 0.717) is 32.8 Å². The van der Waals surface area contributed by atoms with Crippen molar-refractivity contribution < 1.29 is 19.4 Å². The summed E-state index contributed by atoms with van der Waals surface area (Å²) in [4.78, 5) is 18.2. The highest BCUT2D eigenvalue weighted by Gasteiger charge is 2.22. The third kappa shape index (κ3) is 7.06. The highest BCUT2D eigenvalue weighted by atomic mass is 32.2. The summed E-state index contributed by atoms with van der Waals surface area (Å²) in [6, 6.07) is 8.01. The van der Waals surface area contributed by atoms with Crippen molar-refractivity contribution in [1.82, 2.24) is 14.7 Å². The first-order chi connectivity index (χ1) is 14.2. The summed E-state index contributed by atoms with van der Waals surface area (Å²) in [6.07, 6.45) is -0.712. The number of β-amino-alcohol motifs (C(OH)–C–C–N with tert-alkyl or cyclic N) is 1. The van der Waals surface area contributed by atoms with Gasteiger partial charge in [-0.25, -0.2) is 4.79 Å². The summed E-state index contributed by atoms with van der Waals surface area (Å²) in [5, 5.41) is 10.4. The number of aliphatic hydroxyl groups is 1. The Morgan fingerprint density at radius 1 is 1.10 bits per heavy atom. The van der Waals surface area contributed by atoms with E-state index in [0.717, 1.165) is 55.5 Å². The molecule has 1 atom stereocenters. The fourth-order valence-electron chi connectivity index (χ4n) is 3.64. The first-order valence-electron chi connectivity index (χ1n) is 10.5. The smallest absolute Gasteiger partial charge is 0.409 e. The van der Waals surface area contributed by atoms with Gasteiger partial charge < -0.3 is 19.5 Å². The number of para-hydroxylation sites is 1. The lowest BCUT2D eigenvalue weighted by molar-refractivity contribution is 0.0692. The minimum Gasteiger partial charge on any atom is -0.491 e. The topological polar surface area (TPSA) is 65.5 Å². The highest BCUT2D eigenvalue weighted by Crippen LogP contribution is 2.21. The molecule has 3 rings (SSSR count). The Hall–Kier alpha value is -1.48. The zero-order valence-electron chi connectivity index (χ0n) is 17.3. The fraction of sp³-hybridized carbons (Fsp3) is 0.667. The number of thioether (sulfide) groups is 1. The number of ether oxygens (including phenoxy) is 2. The number of hydrogen-bond acceptors (Lipinski definition) is 7. The lowest BCUT2D eigenvalue weighted by atomic mass is 10.1. The maximum absolute atomic E-state index is 11.8. The molecule has 0 aliphatic carbocycles. The molecule has 162 valence electrons. The van der Waals surface area contributed by atoms with E-state index in [1.807, 2.05) is 36.9 Å². The summed E-state index contributed by atoms with van der Waals surface area (Å²) in [6.45, 7) is 9.02. The maximum atomic E-state index is 11.8. The Morgan fingerprint density at radius 2 is 1.83 bits per heavy atom. The van der Waals surface area contributed by atoms with Gasteiger partial charge in [-0.15, -0.1) is 0 Å². The average Bonchev–Trinajstić information content (AvgIpc) is 2.74. The largest absolute Gasteiger partial charge is 0.491 e. The van der Waals surface area contributed by atoms with Crippen molar-refractivity contribution in [3.05, 3.63) is 29.8 Å². The van der Waals surface area contributed by atoms with Gasteiger partial charge in [0.15, 0.2) is 0 Å². The van der Waals surface area contributed by atoms with Crippen molar-refractivity contribution in [2.75, 3.05) is 70.5 Å². The van der Waals surface area contributed by atoms with Crippen molar-refractivity contribution >= 4 is 17.9 Å². The number of carbonyl (C=O) groups excluding carboxylic acids is 1. The standard InChI is InChI=1S/C21H33N3O4S/c1-2-27-21(26)24-9-7-22(8-10-24)15-18-5-3-4-6-20(18)28-17-19(25)16-23-11-13-29-14-12-23/h3-6,19,25H,2,7-17H2,1H3/t19-/m1/s1. The molecular formula is C21H33N3O4S. The molecule has 0 unspecified atom stereocenters. The first kappa shape index (κ1) is 22.2. The van der Waals surface area contributed by atoms with Crippen molar-refractivity contribution in [3.8, 4) is 5.75 Å². The Kier molecular flexibility index (Phi) is 8.92. The van der Waals surface area contributed by atoms with Gasteiger partial charge in [-0.05, 0) is 13.0 Å². The third-order valence-electron chi connectivity index (χ3n) is 5.27. The van der Waals surface area contributed by atoms with Crippen LogP contribution in [0.1, 0.15) is 12.5 Å². The summed E-state index contributed by atoms with van der Waals surface area (Å²) < 4.78 is 11.1. The van der Waals surface area contributed by atoms with Gasteiger partial charge in [0, 0.05) is 69.4 Å². The summed E-state index contributed by atoms with van der Waals surface area (Å²) in [7, 11) is 0. The number of rotatable bonds is 8. The number of hydrogen-bond donors (Lipinski definition) is 1. The summed E-state index contributed by atoms with van der Waals surface area (Å²) in [5.41, 5.74) is 1.11. The molecule has 29 heavy (non-hydrogen) atoms. The molecule has 1 aromatic rings. The molecule has 2 aliphatic rings. The Labute approximate surface area is 177 Å². The number of piperazine rings is 1. The van der Waals surface area contributed by atoms with Crippen LogP contribution in [0.3, 0.4) is 0 Å². The quantitative estimate of drug-likeness (QED) is 0.683. The number of nitrogens with zero attached hydrogens (tertiary/aromatic N) is 3. The molecule has 0 spiro atoms. The Morgan fingerprint density at radius 3 is 2.55 bits per heavy atom. The first-order valence-corrected chi connectivity index (χ1v) is 11.6. The normalized spacial score (nSPS) is 19.7. The highest BCUT2D eigenvalue weighted by molar-refractivity contribution is 7.99. The molecule has 2 fully saturated rings. The Bertz CT molecular complexity index is 634. The van der Waals surface area contributed by atoms with Gasteiger partial charge in [0.2, 0.25) is 0 Å². The molecule has 2 heterocycles. The number of amides is 1. The van der Waals surface area contributed by atoms with Crippen LogP contribution in [-0.4, -0.2) is 103 Å². The second-order valence-corrected chi connectivity index (χ2v) is 8.67. The fourth-order valence-corrected chi connectivity index (χ4v) is 4.62. The Balaban J connectivity index is 1.46. The van der Waals surface area contributed by atoms with E-state index in [4.69, 9.17) is 9.47 Å². The van der Waals surface area contributed by atoms with Crippen LogP contribution >= 0.6 is 11.8 Å². The van der Waals surface area contributed by atoms with Gasteiger partial charge in [-0.3, -0.25) is 9.80 Å². The van der Waals surface area contributed by atoms with Crippen molar-refractivity contribution in [2.24, 2.45) is 0 Å². The van der Waals surface area contributed by atoms with E-state index >= 15 is 0 Å². The van der Waals surface area contributed by atoms with E-state index in [9.17, 15) is 9.90 Å². The van der Waals surface area contributed by atoms with Gasteiger partial charge in [0.05, 0.1) is 6.61 Å². The van der Waals surface area contributed by atoms with Crippen LogP contribution in [-0.2, 0) is 11.3 Å². The number of carbonyl (C=O) groups is 1. The van der Waals surface area contributed by atoms with E-state index in [-0.39, 0.29) is 6.09 Å². The van der Waals surface area contributed by atoms with Crippen molar-refractivity contribution in [3.63, 3.8) is 0 Å². The van der Waals surface area contributed by atoms with Gasteiger partial charge in [-0.2, -0.15) is 11.8 Å². The van der Waals surface area contributed by atoms with Crippen LogP contribution in [0.5, 0.6) is 5.75 Å². The van der Waals surface area contributed by atoms with E-state index in [2.05, 4.69) is 15.9 Å². The summed E-state index contributed by atoms with van der Waals surface area (Å²) in [5.74, 6) is 3.10. The van der Waals surface area contributed by atoms with Gasteiger partial charge in [0.1, 0.15) is 18.5 Å². The molecular weight excluding hydrogens is 390 g/mol. The minimum absolute atomic E-state index is 0.225. The number of benzene rings is 1. The third-order valence-corrected chi connectivity index (χ3v) is 6.21. The van der Waals surface area contributed by atoms with Crippen LogP contribution in [0.15, 0.2) is 24.3 Å². The molecule has 7 nitrogen and oxygen atoms in total. The van der Waals surface area contributed by atoms with Gasteiger partial charge >= 0.3 is 6.09 Å². The van der Waals surface area contributed by atoms with Crippen LogP contribution in [0.2, 0.25) is 0 Å². The predicted molar refractivity (Wildman–Crippen MR) is 116 cm³/mol. The molecule has 0 bridgehead atoms. The molecule has 2 saturated heterocycles. The molecule has 2 aliphatic heterocycles. The van der Waals surface area contributed by atoms with Crippen LogP contribution in [0, 0.1) is 0 Å². The van der Waals surface area contributed by atoms with Crippen LogP contribution < -0.4 is 4.74 Å². The summed E-state index contributed by atoms with van der Waals surface area (Å²) >= 11 is 1.97. The van der Waals surface area contributed by atoms with E-state index in [1.54, 1.807) is 4.90 Å². The van der Waals surface area contributed by atoms with Crippen molar-refractivity contribution in [1.29, 1.82) is 0 Å². The van der Waals surface area contributed by atoms with Crippen molar-refractivity contribution in [2.45, 2.75) is 19.6 Å². The lowest BCUT2D eigenvalue weighted by Gasteiger charge is -2.34. The molecule has 0 radical (unpaired) electrons.